The number of nitrogens with zero attached hydrogens (tertiary/aromatic N) is 1. The average Bonchev–Trinajstić information content (AvgIpc) is 2.57. The molecule has 25 heavy (non-hydrogen) atoms. The molecule has 0 aliphatic rings. The van der Waals surface area contributed by atoms with Gasteiger partial charge in [-0.1, -0.05) is 6.07 Å². The van der Waals surface area contributed by atoms with Crippen molar-refractivity contribution in [3.63, 3.8) is 0 Å². The summed E-state index contributed by atoms with van der Waals surface area (Å²) in [5, 5.41) is 14.7. The molecule has 0 saturated carbocycles. The van der Waals surface area contributed by atoms with E-state index in [1.807, 2.05) is 19.1 Å². The van der Waals surface area contributed by atoms with E-state index in [9.17, 15) is 14.9 Å². The average molecular weight is 334 g/mol. The van der Waals surface area contributed by atoms with E-state index < -0.39 is 5.91 Å². The van der Waals surface area contributed by atoms with Crippen molar-refractivity contribution in [2.75, 3.05) is 16.4 Å². The number of nitrogens with one attached hydrogen (secondary N) is 2. The minimum absolute atomic E-state index is 0.0598. The maximum absolute atomic E-state index is 12.2. The van der Waals surface area contributed by atoms with Gasteiger partial charge in [0.05, 0.1) is 11.4 Å². The molecule has 0 aliphatic carbocycles. The predicted molar refractivity (Wildman–Crippen MR) is 98.0 cm³/mol. The van der Waals surface area contributed by atoms with Gasteiger partial charge in [0, 0.05) is 17.5 Å². The second-order valence-corrected chi connectivity index (χ2v) is 5.49. The van der Waals surface area contributed by atoms with E-state index in [-0.39, 0.29) is 11.4 Å². The van der Waals surface area contributed by atoms with Gasteiger partial charge in [-0.2, -0.15) is 5.26 Å². The summed E-state index contributed by atoms with van der Waals surface area (Å²) in [6, 6.07) is 13.7. The van der Waals surface area contributed by atoms with Crippen LogP contribution >= 0.6 is 0 Å². The number of Topliss-reactive ketones (excluding diaryl/α,β-unsaturated/α-hetero) is 1. The van der Waals surface area contributed by atoms with Crippen LogP contribution in [0.5, 0.6) is 0 Å². The Balaban J connectivity index is 2.09. The molecule has 6 nitrogen and oxygen atoms in total. The third kappa shape index (κ3) is 4.69. The van der Waals surface area contributed by atoms with Crippen LogP contribution in [0.1, 0.15) is 22.8 Å². The first kappa shape index (κ1) is 17.8. The van der Waals surface area contributed by atoms with Gasteiger partial charge in [-0.25, -0.2) is 0 Å². The summed E-state index contributed by atoms with van der Waals surface area (Å²) in [6.07, 6.45) is 1.31. The minimum Gasteiger partial charge on any atom is -0.397 e. The van der Waals surface area contributed by atoms with E-state index in [0.29, 0.717) is 22.6 Å². The smallest absolute Gasteiger partial charge is 0.267 e. The number of benzene rings is 2. The van der Waals surface area contributed by atoms with E-state index in [0.717, 1.165) is 5.56 Å². The van der Waals surface area contributed by atoms with Gasteiger partial charge in [-0.3, -0.25) is 9.59 Å². The van der Waals surface area contributed by atoms with E-state index >= 15 is 0 Å². The van der Waals surface area contributed by atoms with Gasteiger partial charge in [0.1, 0.15) is 11.6 Å². The quantitative estimate of drug-likeness (QED) is 0.337. The Bertz CT molecular complexity index is 877. The largest absolute Gasteiger partial charge is 0.397 e. The zero-order chi connectivity index (χ0) is 18.4. The Hall–Kier alpha value is -3.59. The Morgan fingerprint density at radius 2 is 1.84 bits per heavy atom. The van der Waals surface area contributed by atoms with Crippen LogP contribution in [0.4, 0.5) is 17.1 Å². The molecule has 2 rings (SSSR count). The van der Waals surface area contributed by atoms with Crippen LogP contribution in [-0.2, 0) is 4.79 Å². The molecule has 0 aliphatic heterocycles. The fourth-order valence-corrected chi connectivity index (χ4v) is 2.10. The molecule has 0 bridgehead atoms. The number of aryl methyl sites for hydroxylation is 1. The summed E-state index contributed by atoms with van der Waals surface area (Å²) in [4.78, 5) is 23.4. The van der Waals surface area contributed by atoms with Crippen molar-refractivity contribution in [1.82, 2.24) is 0 Å². The highest BCUT2D eigenvalue weighted by molar-refractivity contribution is 6.07. The molecule has 0 radical (unpaired) electrons. The third-order valence-electron chi connectivity index (χ3n) is 3.49. The number of anilines is 3. The van der Waals surface area contributed by atoms with Gasteiger partial charge in [0.25, 0.3) is 5.91 Å². The standard InChI is InChI=1S/C19H18N4O2/c1-12-3-8-18(17(21)9-12)22-11-15(10-20)19(25)23-16-6-4-14(5-7-16)13(2)24/h3-9,11,22H,21H2,1-2H3,(H,23,25)/b15-11-. The third-order valence-corrected chi connectivity index (χ3v) is 3.49. The molecule has 0 fully saturated rings. The Morgan fingerprint density at radius 3 is 2.40 bits per heavy atom. The number of ketones is 1. The molecule has 0 heterocycles. The van der Waals surface area contributed by atoms with E-state index in [2.05, 4.69) is 10.6 Å². The normalized spacial score (nSPS) is 10.7. The van der Waals surface area contributed by atoms with Crippen molar-refractivity contribution >= 4 is 28.8 Å². The molecular formula is C19H18N4O2. The van der Waals surface area contributed by atoms with E-state index in [1.54, 1.807) is 36.4 Å². The summed E-state index contributed by atoms with van der Waals surface area (Å²) in [5.74, 6) is -0.619. The Morgan fingerprint density at radius 1 is 1.16 bits per heavy atom. The van der Waals surface area contributed by atoms with Crippen molar-refractivity contribution in [3.05, 3.63) is 65.4 Å². The Kier molecular flexibility index (Phi) is 5.54. The van der Waals surface area contributed by atoms with Crippen LogP contribution in [0, 0.1) is 18.3 Å². The van der Waals surface area contributed by atoms with Crippen LogP contribution < -0.4 is 16.4 Å². The number of nitrogens with two attached hydrogens (primary N) is 1. The number of carbonyl (C=O) groups excluding carboxylic acids is 2. The summed E-state index contributed by atoms with van der Waals surface area (Å²) in [7, 11) is 0. The summed E-state index contributed by atoms with van der Waals surface area (Å²) < 4.78 is 0. The lowest BCUT2D eigenvalue weighted by Crippen LogP contribution is -2.14. The first-order chi connectivity index (χ1) is 11.9. The van der Waals surface area contributed by atoms with Crippen molar-refractivity contribution < 1.29 is 9.59 Å². The molecule has 0 atom stereocenters. The van der Waals surface area contributed by atoms with Crippen LogP contribution in [0.15, 0.2) is 54.2 Å². The zero-order valence-electron chi connectivity index (χ0n) is 14.0. The second kappa shape index (κ2) is 7.79. The lowest BCUT2D eigenvalue weighted by atomic mass is 10.1. The predicted octanol–water partition coefficient (Wildman–Crippen LogP) is 3.24. The maximum Gasteiger partial charge on any atom is 0.267 e. The maximum atomic E-state index is 12.2. The first-order valence-electron chi connectivity index (χ1n) is 7.56. The second-order valence-electron chi connectivity index (χ2n) is 5.49. The van der Waals surface area contributed by atoms with Crippen LogP contribution in [0.3, 0.4) is 0 Å². The highest BCUT2D eigenvalue weighted by Crippen LogP contribution is 2.19. The summed E-state index contributed by atoms with van der Waals surface area (Å²) in [6.45, 7) is 3.38. The molecule has 6 heteroatoms. The van der Waals surface area contributed by atoms with Crippen molar-refractivity contribution in [1.29, 1.82) is 5.26 Å². The van der Waals surface area contributed by atoms with Gasteiger partial charge in [-0.15, -0.1) is 0 Å². The van der Waals surface area contributed by atoms with Crippen molar-refractivity contribution in [2.24, 2.45) is 0 Å². The number of nitriles is 1. The van der Waals surface area contributed by atoms with E-state index in [1.165, 1.54) is 13.1 Å². The molecule has 2 aromatic carbocycles. The first-order valence-corrected chi connectivity index (χ1v) is 7.56. The van der Waals surface area contributed by atoms with E-state index in [4.69, 9.17) is 5.73 Å². The number of hydrogen-bond acceptors (Lipinski definition) is 5. The van der Waals surface area contributed by atoms with Crippen molar-refractivity contribution in [3.8, 4) is 6.07 Å². The number of nitrogen functional groups attached to an aromatic ring is 1. The van der Waals surface area contributed by atoms with Gasteiger partial charge >= 0.3 is 0 Å². The monoisotopic (exact) mass is 334 g/mol. The molecule has 1 amide bonds. The van der Waals surface area contributed by atoms with Crippen LogP contribution in [0.25, 0.3) is 0 Å². The molecule has 0 spiro atoms. The molecule has 0 unspecified atom stereocenters. The SMILES string of the molecule is CC(=O)c1ccc(NC(=O)/C(C#N)=C\Nc2ccc(C)cc2N)cc1. The molecular weight excluding hydrogens is 316 g/mol. The van der Waals surface area contributed by atoms with Crippen LogP contribution in [-0.4, -0.2) is 11.7 Å². The highest BCUT2D eigenvalue weighted by atomic mass is 16.1. The summed E-state index contributed by atoms with van der Waals surface area (Å²) in [5.41, 5.74) is 8.97. The van der Waals surface area contributed by atoms with Gasteiger partial charge in [0.2, 0.25) is 0 Å². The molecule has 0 aromatic heterocycles. The fraction of sp³-hybridized carbons (Fsp3) is 0.105. The zero-order valence-corrected chi connectivity index (χ0v) is 14.0. The molecule has 4 N–H and O–H groups in total. The lowest BCUT2D eigenvalue weighted by Gasteiger charge is -2.08. The Labute approximate surface area is 146 Å². The number of carbonyl (C=O) groups is 2. The van der Waals surface area contributed by atoms with Crippen LogP contribution in [0.2, 0.25) is 0 Å². The molecule has 0 saturated heterocycles. The number of hydrogen-bond donors (Lipinski definition) is 3. The fourth-order valence-electron chi connectivity index (χ4n) is 2.10. The van der Waals surface area contributed by atoms with Crippen molar-refractivity contribution in [2.45, 2.75) is 13.8 Å². The lowest BCUT2D eigenvalue weighted by molar-refractivity contribution is -0.112. The van der Waals surface area contributed by atoms with Gasteiger partial charge in [-0.05, 0) is 55.8 Å². The topological polar surface area (TPSA) is 108 Å². The number of rotatable bonds is 5. The van der Waals surface area contributed by atoms with Gasteiger partial charge in [0.15, 0.2) is 5.78 Å². The minimum atomic E-state index is -0.559. The number of amides is 1. The molecule has 126 valence electrons. The highest BCUT2D eigenvalue weighted by Gasteiger charge is 2.10. The van der Waals surface area contributed by atoms with Gasteiger partial charge < -0.3 is 16.4 Å². The summed E-state index contributed by atoms with van der Waals surface area (Å²) >= 11 is 0. The molecule has 2 aromatic rings.